The van der Waals surface area contributed by atoms with Gasteiger partial charge in [0.25, 0.3) is 0 Å². The van der Waals surface area contributed by atoms with E-state index in [4.69, 9.17) is 11.6 Å². The lowest BCUT2D eigenvalue weighted by atomic mass is 9.96. The van der Waals surface area contributed by atoms with Gasteiger partial charge in [0.15, 0.2) is 5.82 Å². The number of aromatic nitrogens is 4. The van der Waals surface area contributed by atoms with Gasteiger partial charge in [0.05, 0.1) is 6.04 Å². The summed E-state index contributed by atoms with van der Waals surface area (Å²) in [6, 6.07) is 10.7. The molecule has 3 aromatic rings. The summed E-state index contributed by atoms with van der Waals surface area (Å²) in [5.41, 5.74) is 3.16. The number of benzene rings is 2. The van der Waals surface area contributed by atoms with Gasteiger partial charge in [0.2, 0.25) is 0 Å². The molecule has 30 heavy (non-hydrogen) atoms. The summed E-state index contributed by atoms with van der Waals surface area (Å²) >= 11 is 9.73. The van der Waals surface area contributed by atoms with Crippen LogP contribution in [-0.4, -0.2) is 20.2 Å². The zero-order chi connectivity index (χ0) is 20.7. The van der Waals surface area contributed by atoms with Gasteiger partial charge in [0, 0.05) is 22.6 Å². The van der Waals surface area contributed by atoms with Crippen LogP contribution >= 0.6 is 27.5 Å². The molecular formula is C22H22BrClFN5. The van der Waals surface area contributed by atoms with Crippen LogP contribution in [0.4, 0.5) is 4.39 Å². The number of rotatable bonds is 8. The third-order valence-corrected chi connectivity index (χ3v) is 6.43. The minimum atomic E-state index is -0.229. The summed E-state index contributed by atoms with van der Waals surface area (Å²) in [6.45, 7) is 1.41. The van der Waals surface area contributed by atoms with Crippen LogP contribution in [0.15, 0.2) is 40.9 Å². The standard InChI is InChI=1S/C22H22BrClFN5/c23-16-7-14(8-17(24)9-16)11-26-21(22-27-28-29-30(22)12-13-1-2-13)19-6-5-18(25)10-20(19)15-3-4-15/h5-10,13,15,21,26H,1-4,11-12H2. The molecule has 0 spiro atoms. The number of nitrogens with one attached hydrogen (secondary N) is 1. The topological polar surface area (TPSA) is 55.6 Å². The summed E-state index contributed by atoms with van der Waals surface area (Å²) in [4.78, 5) is 0. The van der Waals surface area contributed by atoms with Crippen LogP contribution in [-0.2, 0) is 13.1 Å². The normalized spacial score (nSPS) is 17.3. The third kappa shape index (κ3) is 4.58. The maximum absolute atomic E-state index is 14.1. The highest BCUT2D eigenvalue weighted by Crippen LogP contribution is 2.44. The molecular weight excluding hydrogens is 469 g/mol. The van der Waals surface area contributed by atoms with Gasteiger partial charge in [-0.25, -0.2) is 9.07 Å². The summed E-state index contributed by atoms with van der Waals surface area (Å²) in [7, 11) is 0. The van der Waals surface area contributed by atoms with Crippen LogP contribution in [0.2, 0.25) is 5.02 Å². The van der Waals surface area contributed by atoms with Gasteiger partial charge in [-0.1, -0.05) is 33.6 Å². The number of nitrogens with zero attached hydrogens (tertiary/aromatic N) is 4. The van der Waals surface area contributed by atoms with Crippen LogP contribution in [0.1, 0.15) is 60.2 Å². The molecule has 2 aliphatic carbocycles. The Hall–Kier alpha value is -1.83. The summed E-state index contributed by atoms with van der Waals surface area (Å²) < 4.78 is 16.9. The lowest BCUT2D eigenvalue weighted by molar-refractivity contribution is 0.479. The van der Waals surface area contributed by atoms with E-state index in [9.17, 15) is 4.39 Å². The molecule has 0 radical (unpaired) electrons. The monoisotopic (exact) mass is 489 g/mol. The first-order valence-corrected chi connectivity index (χ1v) is 11.5. The first kappa shape index (κ1) is 20.1. The van der Waals surface area contributed by atoms with Crippen LogP contribution < -0.4 is 5.32 Å². The van der Waals surface area contributed by atoms with E-state index in [0.717, 1.165) is 46.4 Å². The number of halogens is 3. The molecule has 1 atom stereocenters. The first-order valence-electron chi connectivity index (χ1n) is 10.3. The Balaban J connectivity index is 1.50. The molecule has 1 unspecified atom stereocenters. The fourth-order valence-corrected chi connectivity index (χ4v) is 4.85. The average molecular weight is 491 g/mol. The number of tetrazole rings is 1. The Morgan fingerprint density at radius 3 is 2.73 bits per heavy atom. The van der Waals surface area contributed by atoms with Gasteiger partial charge >= 0.3 is 0 Å². The Labute approximate surface area is 188 Å². The molecule has 5 nitrogen and oxygen atoms in total. The van der Waals surface area contributed by atoms with Crippen molar-refractivity contribution < 1.29 is 4.39 Å². The van der Waals surface area contributed by atoms with Crippen LogP contribution in [0, 0.1) is 11.7 Å². The molecule has 0 amide bonds. The molecule has 156 valence electrons. The first-order chi connectivity index (χ1) is 14.6. The second kappa shape index (κ2) is 8.36. The molecule has 1 aromatic heterocycles. The predicted octanol–water partition coefficient (Wildman–Crippen LogP) is 5.39. The maximum atomic E-state index is 14.1. The van der Waals surface area contributed by atoms with Gasteiger partial charge in [0.1, 0.15) is 5.82 Å². The van der Waals surface area contributed by atoms with E-state index in [0.29, 0.717) is 23.4 Å². The molecule has 5 rings (SSSR count). The van der Waals surface area contributed by atoms with Gasteiger partial charge in [-0.05, 0) is 95.0 Å². The fourth-order valence-electron chi connectivity index (χ4n) is 3.92. The van der Waals surface area contributed by atoms with Crippen molar-refractivity contribution in [2.24, 2.45) is 5.92 Å². The van der Waals surface area contributed by atoms with E-state index in [1.165, 1.54) is 18.9 Å². The zero-order valence-electron chi connectivity index (χ0n) is 16.4. The Bertz CT molecular complexity index is 1040. The third-order valence-electron chi connectivity index (χ3n) is 5.76. The van der Waals surface area contributed by atoms with Gasteiger partial charge in [-0.15, -0.1) is 5.10 Å². The molecule has 8 heteroatoms. The second-order valence-corrected chi connectivity index (χ2v) is 9.65. The van der Waals surface area contributed by atoms with E-state index >= 15 is 0 Å². The lowest BCUT2D eigenvalue weighted by Gasteiger charge is -2.22. The highest BCUT2D eigenvalue weighted by atomic mass is 79.9. The summed E-state index contributed by atoms with van der Waals surface area (Å²) in [5, 5.41) is 16.9. The SMILES string of the molecule is Fc1ccc(C(NCc2cc(Cl)cc(Br)c2)c2nnnn2CC2CC2)c(C2CC2)c1. The van der Waals surface area contributed by atoms with E-state index in [1.54, 1.807) is 6.07 Å². The molecule has 1 heterocycles. The van der Waals surface area contributed by atoms with Crippen molar-refractivity contribution in [3.05, 3.63) is 74.2 Å². The summed E-state index contributed by atoms with van der Waals surface area (Å²) in [5.74, 6) is 1.63. The largest absolute Gasteiger partial charge is 0.299 e. The predicted molar refractivity (Wildman–Crippen MR) is 117 cm³/mol. The van der Waals surface area contributed by atoms with Crippen molar-refractivity contribution >= 4 is 27.5 Å². The van der Waals surface area contributed by atoms with E-state index in [-0.39, 0.29) is 11.9 Å². The minimum Gasteiger partial charge on any atom is -0.299 e. The molecule has 2 fully saturated rings. The second-order valence-electron chi connectivity index (χ2n) is 8.30. The van der Waals surface area contributed by atoms with Gasteiger partial charge < -0.3 is 0 Å². The van der Waals surface area contributed by atoms with E-state index < -0.39 is 0 Å². The molecule has 2 aromatic carbocycles. The Kier molecular flexibility index (Phi) is 5.60. The van der Waals surface area contributed by atoms with Gasteiger partial charge in [-0.2, -0.15) is 0 Å². The van der Waals surface area contributed by atoms with Crippen LogP contribution in [0.5, 0.6) is 0 Å². The highest BCUT2D eigenvalue weighted by Gasteiger charge is 2.32. The molecule has 0 aliphatic heterocycles. The molecule has 2 aliphatic rings. The van der Waals surface area contributed by atoms with Crippen molar-refractivity contribution in [3.63, 3.8) is 0 Å². The van der Waals surface area contributed by atoms with Crippen molar-refractivity contribution in [1.29, 1.82) is 0 Å². The average Bonchev–Trinajstić information content (AvgIpc) is 3.62. The van der Waals surface area contributed by atoms with Crippen LogP contribution in [0.25, 0.3) is 0 Å². The fraction of sp³-hybridized carbons (Fsp3) is 0.409. The maximum Gasteiger partial charge on any atom is 0.172 e. The Morgan fingerprint density at radius 1 is 1.17 bits per heavy atom. The number of hydrogen-bond acceptors (Lipinski definition) is 4. The zero-order valence-corrected chi connectivity index (χ0v) is 18.7. The van der Waals surface area contributed by atoms with Crippen molar-refractivity contribution in [2.45, 2.75) is 50.7 Å². The van der Waals surface area contributed by atoms with Crippen molar-refractivity contribution in [3.8, 4) is 0 Å². The molecule has 0 bridgehead atoms. The van der Waals surface area contributed by atoms with Gasteiger partial charge in [-0.3, -0.25) is 5.32 Å². The highest BCUT2D eigenvalue weighted by molar-refractivity contribution is 9.10. The smallest absolute Gasteiger partial charge is 0.172 e. The lowest BCUT2D eigenvalue weighted by Crippen LogP contribution is -2.27. The number of hydrogen-bond donors (Lipinski definition) is 1. The quantitative estimate of drug-likeness (QED) is 0.460. The van der Waals surface area contributed by atoms with Crippen molar-refractivity contribution in [2.75, 3.05) is 0 Å². The van der Waals surface area contributed by atoms with E-state index in [2.05, 4.69) is 36.8 Å². The minimum absolute atomic E-state index is 0.198. The van der Waals surface area contributed by atoms with E-state index in [1.807, 2.05) is 28.9 Å². The molecule has 0 saturated heterocycles. The summed E-state index contributed by atoms with van der Waals surface area (Å²) in [6.07, 6.45) is 4.63. The Morgan fingerprint density at radius 2 is 2.00 bits per heavy atom. The van der Waals surface area contributed by atoms with Crippen molar-refractivity contribution in [1.82, 2.24) is 25.5 Å². The van der Waals surface area contributed by atoms with Crippen LogP contribution in [0.3, 0.4) is 0 Å². The molecule has 2 saturated carbocycles. The molecule has 1 N–H and O–H groups in total.